The Balaban J connectivity index is 2.90. The van der Waals surface area contributed by atoms with Gasteiger partial charge in [-0.05, 0) is 5.56 Å². The second kappa shape index (κ2) is 6.09. The molecule has 0 radical (unpaired) electrons. The minimum Gasteiger partial charge on any atom is -0.347 e. The lowest BCUT2D eigenvalue weighted by Crippen LogP contribution is -2.62. The van der Waals surface area contributed by atoms with Gasteiger partial charge in [0, 0.05) is 6.54 Å². The molecule has 2 nitrogen and oxygen atoms in total. The molecule has 0 bridgehead atoms. The van der Waals surface area contributed by atoms with Crippen molar-refractivity contribution in [2.24, 2.45) is 0 Å². The largest absolute Gasteiger partial charge is 0.392 e. The Labute approximate surface area is 119 Å². The highest BCUT2D eigenvalue weighted by atomic mass is 19.4. The number of alkyl halides is 8. The summed E-state index contributed by atoms with van der Waals surface area (Å²) in [6, 6.07) is 7.10. The van der Waals surface area contributed by atoms with Gasteiger partial charge in [-0.3, -0.25) is 4.79 Å². The molecule has 0 unspecified atom stereocenters. The van der Waals surface area contributed by atoms with Crippen molar-refractivity contribution in [3.63, 3.8) is 0 Å². The molecule has 10 heteroatoms. The van der Waals surface area contributed by atoms with Gasteiger partial charge in [-0.15, -0.1) is 0 Å². The molecular weight excluding hydrogens is 326 g/mol. The molecule has 0 aromatic heterocycles. The number of halogens is 8. The number of nitrogens with one attached hydrogen (secondary N) is 1. The van der Waals surface area contributed by atoms with Gasteiger partial charge in [0.05, 0.1) is 0 Å². The molecule has 0 fully saturated rings. The zero-order valence-electron chi connectivity index (χ0n) is 10.6. The minimum atomic E-state index is -6.55. The molecule has 1 rings (SSSR count). The molecule has 0 atom stereocenters. The van der Waals surface area contributed by atoms with Crippen molar-refractivity contribution in [3.8, 4) is 0 Å². The van der Waals surface area contributed by atoms with E-state index in [0.717, 1.165) is 0 Å². The molecule has 0 saturated carbocycles. The van der Waals surface area contributed by atoms with Crippen molar-refractivity contribution >= 4 is 5.91 Å². The molecule has 0 spiro atoms. The molecule has 22 heavy (non-hydrogen) atoms. The number of carbonyl (C=O) groups excluding carboxylic acids is 1. The van der Waals surface area contributed by atoms with Crippen LogP contribution in [-0.4, -0.2) is 30.1 Å². The van der Waals surface area contributed by atoms with Crippen LogP contribution in [0.2, 0.25) is 0 Å². The van der Waals surface area contributed by atoms with Crippen molar-refractivity contribution in [1.82, 2.24) is 5.32 Å². The zero-order chi connectivity index (χ0) is 17.2. The van der Waals surface area contributed by atoms with E-state index < -0.39 is 36.6 Å². The fraction of sp³-hybridized carbons (Fsp3) is 0.417. The highest BCUT2D eigenvalue weighted by Gasteiger charge is 2.78. The Hall–Kier alpha value is -1.87. The Morgan fingerprint density at radius 2 is 1.50 bits per heavy atom. The van der Waals surface area contributed by atoms with E-state index in [4.69, 9.17) is 0 Å². The lowest BCUT2D eigenvalue weighted by Gasteiger charge is -2.31. The van der Waals surface area contributed by atoms with E-state index in [1.54, 1.807) is 0 Å². The first-order valence-corrected chi connectivity index (χ1v) is 5.68. The van der Waals surface area contributed by atoms with Crippen LogP contribution in [0.5, 0.6) is 0 Å². The van der Waals surface area contributed by atoms with Crippen molar-refractivity contribution in [2.45, 2.75) is 30.7 Å². The second-order valence-electron chi connectivity index (χ2n) is 4.24. The quantitative estimate of drug-likeness (QED) is 0.793. The molecule has 0 aliphatic heterocycles. The molecule has 0 aliphatic carbocycles. The van der Waals surface area contributed by atoms with Crippen molar-refractivity contribution in [3.05, 3.63) is 35.9 Å². The molecular formula is C12H9F8NO. The fourth-order valence-corrected chi connectivity index (χ4v) is 1.38. The molecule has 1 N–H and O–H groups in total. The predicted molar refractivity (Wildman–Crippen MR) is 59.1 cm³/mol. The fourth-order valence-electron chi connectivity index (χ4n) is 1.38. The summed E-state index contributed by atoms with van der Waals surface area (Å²) in [7, 11) is 0. The van der Waals surface area contributed by atoms with Crippen molar-refractivity contribution in [2.75, 3.05) is 0 Å². The maximum atomic E-state index is 13.2. The number of amides is 1. The zero-order valence-corrected chi connectivity index (χ0v) is 10.6. The van der Waals surface area contributed by atoms with Gasteiger partial charge in [0.15, 0.2) is 0 Å². The molecule has 0 aliphatic rings. The van der Waals surface area contributed by atoms with E-state index in [-0.39, 0.29) is 5.56 Å². The first-order chi connectivity index (χ1) is 9.94. The highest BCUT2D eigenvalue weighted by molar-refractivity contribution is 5.84. The smallest absolute Gasteiger partial charge is 0.347 e. The van der Waals surface area contributed by atoms with Crippen LogP contribution in [0.4, 0.5) is 35.1 Å². The topological polar surface area (TPSA) is 29.1 Å². The molecule has 0 heterocycles. The van der Waals surface area contributed by atoms with Crippen LogP contribution in [0, 0.1) is 0 Å². The third-order valence-electron chi connectivity index (χ3n) is 2.67. The molecule has 0 saturated heterocycles. The Kier molecular flexibility index (Phi) is 5.03. The van der Waals surface area contributed by atoms with Gasteiger partial charge in [0.2, 0.25) is 0 Å². The number of hydrogen-bond acceptors (Lipinski definition) is 1. The average molecular weight is 335 g/mol. The van der Waals surface area contributed by atoms with Crippen LogP contribution in [-0.2, 0) is 11.3 Å². The Bertz CT molecular complexity index is 517. The second-order valence-corrected chi connectivity index (χ2v) is 4.24. The van der Waals surface area contributed by atoms with E-state index in [1.807, 2.05) is 0 Å². The monoisotopic (exact) mass is 335 g/mol. The van der Waals surface area contributed by atoms with Crippen LogP contribution in [0.3, 0.4) is 0 Å². The van der Waals surface area contributed by atoms with Gasteiger partial charge in [0.25, 0.3) is 5.91 Å². The SMILES string of the molecule is O=C(NCc1ccccc1)C(F)(F)C(F)(F)C(F)(F)C(F)F. The van der Waals surface area contributed by atoms with Crippen LogP contribution in [0.15, 0.2) is 30.3 Å². The van der Waals surface area contributed by atoms with Gasteiger partial charge in [-0.2, -0.15) is 26.3 Å². The molecule has 124 valence electrons. The summed E-state index contributed by atoms with van der Waals surface area (Å²) in [4.78, 5) is 11.0. The predicted octanol–water partition coefficient (Wildman–Crippen LogP) is 3.47. The first kappa shape index (κ1) is 18.2. The average Bonchev–Trinajstić information content (AvgIpc) is 2.45. The van der Waals surface area contributed by atoms with Crippen LogP contribution in [0.1, 0.15) is 5.56 Å². The summed E-state index contributed by atoms with van der Waals surface area (Å²) in [5, 5.41) is 1.31. The summed E-state index contributed by atoms with van der Waals surface area (Å²) in [5.41, 5.74) is 0.218. The lowest BCUT2D eigenvalue weighted by atomic mass is 10.0. The van der Waals surface area contributed by atoms with Gasteiger partial charge in [0.1, 0.15) is 0 Å². The maximum Gasteiger partial charge on any atom is 0.392 e. The van der Waals surface area contributed by atoms with Crippen LogP contribution in [0.25, 0.3) is 0 Å². The van der Waals surface area contributed by atoms with E-state index in [1.165, 1.54) is 35.6 Å². The first-order valence-electron chi connectivity index (χ1n) is 5.68. The van der Waals surface area contributed by atoms with Crippen LogP contribution >= 0.6 is 0 Å². The Morgan fingerprint density at radius 3 is 1.95 bits per heavy atom. The lowest BCUT2D eigenvalue weighted by molar-refractivity contribution is -0.327. The summed E-state index contributed by atoms with van der Waals surface area (Å²) in [6.45, 7) is -0.661. The number of rotatable bonds is 6. The van der Waals surface area contributed by atoms with E-state index in [0.29, 0.717) is 0 Å². The van der Waals surface area contributed by atoms with Gasteiger partial charge in [-0.1, -0.05) is 30.3 Å². The molecule has 1 amide bonds. The summed E-state index contributed by atoms with van der Waals surface area (Å²) in [5.74, 6) is -21.7. The third-order valence-corrected chi connectivity index (χ3v) is 2.67. The minimum absolute atomic E-state index is 0.218. The van der Waals surface area contributed by atoms with Gasteiger partial charge in [-0.25, -0.2) is 8.78 Å². The molecule has 1 aromatic rings. The van der Waals surface area contributed by atoms with E-state index in [2.05, 4.69) is 0 Å². The van der Waals surface area contributed by atoms with E-state index >= 15 is 0 Å². The summed E-state index contributed by atoms with van der Waals surface area (Å²) >= 11 is 0. The number of hydrogen-bond donors (Lipinski definition) is 1. The summed E-state index contributed by atoms with van der Waals surface area (Å²) < 4.78 is 101. The standard InChI is InChI=1S/C12H9F8NO/c13-8(14)10(15,16)12(19,20)11(17,18)9(22)21-6-7-4-2-1-3-5-7/h1-5,8H,6H2,(H,21,22). The maximum absolute atomic E-state index is 13.2. The third kappa shape index (κ3) is 3.14. The summed E-state index contributed by atoms with van der Waals surface area (Å²) in [6.07, 6.45) is -5.06. The molecule has 1 aromatic carbocycles. The Morgan fingerprint density at radius 1 is 1.00 bits per heavy atom. The van der Waals surface area contributed by atoms with E-state index in [9.17, 15) is 39.9 Å². The number of benzene rings is 1. The normalized spacial score (nSPS) is 13.3. The van der Waals surface area contributed by atoms with Crippen LogP contribution < -0.4 is 5.32 Å². The van der Waals surface area contributed by atoms with Gasteiger partial charge < -0.3 is 5.32 Å². The van der Waals surface area contributed by atoms with Crippen molar-refractivity contribution < 1.29 is 39.9 Å². The van der Waals surface area contributed by atoms with Crippen molar-refractivity contribution in [1.29, 1.82) is 0 Å². The highest BCUT2D eigenvalue weighted by Crippen LogP contribution is 2.48. The number of carbonyl (C=O) groups is 1. The van der Waals surface area contributed by atoms with Gasteiger partial charge >= 0.3 is 24.2 Å².